The summed E-state index contributed by atoms with van der Waals surface area (Å²) in [7, 11) is -3.16. The maximum atomic E-state index is 12.3. The molecule has 102 valence electrons. The predicted molar refractivity (Wildman–Crippen MR) is 68.9 cm³/mol. The fourth-order valence-corrected chi connectivity index (χ4v) is 4.41. The zero-order chi connectivity index (χ0) is 12.8. The van der Waals surface area contributed by atoms with Crippen LogP contribution in [-0.2, 0) is 14.6 Å². The second-order valence-corrected chi connectivity index (χ2v) is 8.26. The smallest absolute Gasteiger partial charge is 0.238 e. The molecule has 3 fully saturated rings. The lowest BCUT2D eigenvalue weighted by Crippen LogP contribution is -2.54. The van der Waals surface area contributed by atoms with Crippen LogP contribution < -0.4 is 0 Å². The molecule has 3 rings (SSSR count). The van der Waals surface area contributed by atoms with E-state index in [1.54, 1.807) is 0 Å². The summed E-state index contributed by atoms with van der Waals surface area (Å²) in [4.78, 5) is 14.2. The van der Waals surface area contributed by atoms with Crippen LogP contribution in [0, 0.1) is 0 Å². The lowest BCUT2D eigenvalue weighted by atomic mass is 9.84. The van der Waals surface area contributed by atoms with Crippen molar-refractivity contribution in [3.63, 3.8) is 0 Å². The van der Waals surface area contributed by atoms with Crippen LogP contribution in [0.2, 0.25) is 0 Å². The van der Waals surface area contributed by atoms with Gasteiger partial charge < -0.3 is 4.90 Å². The van der Waals surface area contributed by atoms with Gasteiger partial charge in [0.2, 0.25) is 5.91 Å². The summed E-state index contributed by atoms with van der Waals surface area (Å²) < 4.78 is 23.8. The average molecular weight is 271 g/mol. The molecule has 0 atom stereocenters. The number of hydrogen-bond acceptors (Lipinski definition) is 3. The molecule has 4 nitrogen and oxygen atoms in total. The van der Waals surface area contributed by atoms with Gasteiger partial charge in [0, 0.05) is 12.1 Å². The van der Waals surface area contributed by atoms with Gasteiger partial charge in [-0.05, 0) is 51.4 Å². The van der Waals surface area contributed by atoms with Crippen LogP contribution in [0.4, 0.5) is 0 Å². The highest BCUT2D eigenvalue weighted by atomic mass is 32.2. The highest BCUT2D eigenvalue weighted by Crippen LogP contribution is 2.35. The maximum absolute atomic E-state index is 12.3. The molecule has 0 saturated heterocycles. The van der Waals surface area contributed by atoms with Crippen molar-refractivity contribution >= 4 is 15.7 Å². The molecule has 0 aromatic rings. The molecule has 0 bridgehead atoms. The lowest BCUT2D eigenvalue weighted by molar-refractivity contribution is -0.137. The van der Waals surface area contributed by atoms with E-state index in [0.29, 0.717) is 12.1 Å². The minimum Gasteiger partial charge on any atom is -0.336 e. The Morgan fingerprint density at radius 1 is 0.944 bits per heavy atom. The monoisotopic (exact) mass is 271 g/mol. The summed E-state index contributed by atoms with van der Waals surface area (Å²) in [6.07, 6.45) is 8.10. The molecule has 0 aromatic carbocycles. The first-order chi connectivity index (χ1) is 8.58. The molecule has 3 saturated carbocycles. The van der Waals surface area contributed by atoms with Crippen LogP contribution in [0.15, 0.2) is 0 Å². The molecule has 3 aliphatic rings. The maximum Gasteiger partial charge on any atom is 0.238 e. The standard InChI is InChI=1S/C13H21NO3S/c15-13(9-18(16,17)12-7-8-12)14(10-3-1-4-10)11-5-2-6-11/h10-12H,1-9H2. The molecule has 0 unspecified atom stereocenters. The number of carbonyl (C=O) groups is 1. The molecular weight excluding hydrogens is 250 g/mol. The molecule has 18 heavy (non-hydrogen) atoms. The number of carbonyl (C=O) groups excluding carboxylic acids is 1. The molecule has 3 aliphatic carbocycles. The Morgan fingerprint density at radius 2 is 1.44 bits per heavy atom. The molecule has 1 amide bonds. The number of hydrogen-bond donors (Lipinski definition) is 0. The largest absolute Gasteiger partial charge is 0.336 e. The normalized spacial score (nSPS) is 25.3. The Morgan fingerprint density at radius 3 is 1.78 bits per heavy atom. The zero-order valence-corrected chi connectivity index (χ0v) is 11.5. The summed E-state index contributed by atoms with van der Waals surface area (Å²) in [5.74, 6) is -0.374. The van der Waals surface area contributed by atoms with Crippen molar-refractivity contribution in [2.24, 2.45) is 0 Å². The molecule has 0 radical (unpaired) electrons. The van der Waals surface area contributed by atoms with E-state index >= 15 is 0 Å². The molecule has 0 N–H and O–H groups in total. The Bertz CT molecular complexity index is 419. The van der Waals surface area contributed by atoms with E-state index in [-0.39, 0.29) is 16.9 Å². The molecule has 0 aromatic heterocycles. The van der Waals surface area contributed by atoms with Gasteiger partial charge in [-0.3, -0.25) is 4.79 Å². The van der Waals surface area contributed by atoms with E-state index in [1.807, 2.05) is 4.90 Å². The van der Waals surface area contributed by atoms with Crippen LogP contribution in [0.3, 0.4) is 0 Å². The highest BCUT2D eigenvalue weighted by molar-refractivity contribution is 7.93. The third-order valence-corrected chi connectivity index (χ3v) is 6.72. The van der Waals surface area contributed by atoms with Crippen molar-refractivity contribution in [3.8, 4) is 0 Å². The van der Waals surface area contributed by atoms with Gasteiger partial charge in [0.1, 0.15) is 5.75 Å². The van der Waals surface area contributed by atoms with Gasteiger partial charge in [-0.25, -0.2) is 8.42 Å². The number of nitrogens with zero attached hydrogens (tertiary/aromatic N) is 1. The van der Waals surface area contributed by atoms with E-state index in [4.69, 9.17) is 0 Å². The van der Waals surface area contributed by atoms with Gasteiger partial charge in [-0.15, -0.1) is 0 Å². The van der Waals surface area contributed by atoms with Gasteiger partial charge in [0.05, 0.1) is 5.25 Å². The SMILES string of the molecule is O=C(CS(=O)(=O)C1CC1)N(C1CCC1)C1CCC1. The molecule has 0 aliphatic heterocycles. The van der Waals surface area contributed by atoms with Crippen molar-refractivity contribution in [1.29, 1.82) is 0 Å². The Balaban J connectivity index is 1.67. The van der Waals surface area contributed by atoms with E-state index in [9.17, 15) is 13.2 Å². The van der Waals surface area contributed by atoms with Crippen LogP contribution in [0.1, 0.15) is 51.4 Å². The average Bonchev–Trinajstić information content (AvgIpc) is 2.92. The molecule has 0 spiro atoms. The van der Waals surface area contributed by atoms with Gasteiger partial charge in [0.25, 0.3) is 0 Å². The quantitative estimate of drug-likeness (QED) is 0.761. The van der Waals surface area contributed by atoms with Crippen molar-refractivity contribution in [2.45, 2.75) is 68.7 Å². The van der Waals surface area contributed by atoms with Gasteiger partial charge in [-0.1, -0.05) is 0 Å². The van der Waals surface area contributed by atoms with Crippen molar-refractivity contribution in [3.05, 3.63) is 0 Å². The van der Waals surface area contributed by atoms with Gasteiger partial charge in [-0.2, -0.15) is 0 Å². The van der Waals surface area contributed by atoms with Gasteiger partial charge in [0.15, 0.2) is 9.84 Å². The van der Waals surface area contributed by atoms with Crippen LogP contribution >= 0.6 is 0 Å². The van der Waals surface area contributed by atoms with Crippen LogP contribution in [-0.4, -0.2) is 42.3 Å². The summed E-state index contributed by atoms with van der Waals surface area (Å²) >= 11 is 0. The Labute approximate surface area is 109 Å². The van der Waals surface area contributed by atoms with Crippen LogP contribution in [0.25, 0.3) is 0 Å². The number of sulfone groups is 1. The first kappa shape index (κ1) is 12.5. The fraction of sp³-hybridized carbons (Fsp3) is 0.923. The van der Waals surface area contributed by atoms with E-state index in [1.165, 1.54) is 12.8 Å². The minimum atomic E-state index is -3.16. The first-order valence-corrected chi connectivity index (χ1v) is 8.82. The predicted octanol–water partition coefficient (Wildman–Crippen LogP) is 1.50. The topological polar surface area (TPSA) is 54.5 Å². The third-order valence-electron chi connectivity index (χ3n) is 4.58. The summed E-state index contributed by atoms with van der Waals surface area (Å²) in [6.45, 7) is 0. The second-order valence-electron chi connectivity index (χ2n) is 5.98. The van der Waals surface area contributed by atoms with E-state index in [0.717, 1.165) is 38.5 Å². The van der Waals surface area contributed by atoms with E-state index < -0.39 is 9.84 Å². The van der Waals surface area contributed by atoms with Crippen molar-refractivity contribution in [2.75, 3.05) is 5.75 Å². The number of rotatable bonds is 5. The fourth-order valence-electron chi connectivity index (χ4n) is 2.83. The van der Waals surface area contributed by atoms with Crippen molar-refractivity contribution < 1.29 is 13.2 Å². The summed E-state index contributed by atoms with van der Waals surface area (Å²) in [6, 6.07) is 0.661. The molecule has 5 heteroatoms. The second kappa shape index (κ2) is 4.51. The zero-order valence-electron chi connectivity index (χ0n) is 10.7. The Kier molecular flexibility index (Phi) is 3.12. The highest BCUT2D eigenvalue weighted by Gasteiger charge is 2.42. The molecule has 0 heterocycles. The Hall–Kier alpha value is -0.580. The van der Waals surface area contributed by atoms with Crippen LogP contribution in [0.5, 0.6) is 0 Å². The lowest BCUT2D eigenvalue weighted by Gasteiger charge is -2.46. The van der Waals surface area contributed by atoms with Gasteiger partial charge >= 0.3 is 0 Å². The third kappa shape index (κ3) is 2.29. The minimum absolute atomic E-state index is 0.128. The first-order valence-electron chi connectivity index (χ1n) is 7.10. The summed E-state index contributed by atoms with van der Waals surface area (Å²) in [5.41, 5.74) is 0. The molecular formula is C13H21NO3S. The number of amides is 1. The summed E-state index contributed by atoms with van der Waals surface area (Å²) in [5, 5.41) is -0.217. The van der Waals surface area contributed by atoms with E-state index in [2.05, 4.69) is 0 Å². The van der Waals surface area contributed by atoms with Crippen molar-refractivity contribution in [1.82, 2.24) is 4.90 Å².